The van der Waals surface area contributed by atoms with Gasteiger partial charge in [0.15, 0.2) is 0 Å². The molecule has 0 aliphatic heterocycles. The molecule has 0 unspecified atom stereocenters. The van der Waals surface area contributed by atoms with Gasteiger partial charge in [0.05, 0.1) is 19.2 Å². The molecule has 0 saturated carbocycles. The first-order chi connectivity index (χ1) is 9.87. The molecule has 21 heavy (non-hydrogen) atoms. The summed E-state index contributed by atoms with van der Waals surface area (Å²) in [4.78, 5) is 10.5. The predicted octanol–water partition coefficient (Wildman–Crippen LogP) is 1.92. The fourth-order valence-corrected chi connectivity index (χ4v) is 2.98. The quantitative estimate of drug-likeness (QED) is 0.805. The SMILES string of the molecule is O=C(O)CCn1cc(S(=O)(=O)Nc2cccc(Br)c2)cn1. The van der Waals surface area contributed by atoms with Crippen LogP contribution in [0.5, 0.6) is 0 Å². The summed E-state index contributed by atoms with van der Waals surface area (Å²) in [5, 5.41) is 12.4. The van der Waals surface area contributed by atoms with E-state index in [2.05, 4.69) is 25.8 Å². The summed E-state index contributed by atoms with van der Waals surface area (Å²) in [6.07, 6.45) is 2.35. The maximum absolute atomic E-state index is 12.2. The van der Waals surface area contributed by atoms with E-state index < -0.39 is 16.0 Å². The molecule has 112 valence electrons. The molecule has 0 fully saturated rings. The van der Waals surface area contributed by atoms with Crippen LogP contribution in [0.4, 0.5) is 5.69 Å². The van der Waals surface area contributed by atoms with E-state index in [4.69, 9.17) is 5.11 Å². The maximum atomic E-state index is 12.2. The van der Waals surface area contributed by atoms with E-state index in [1.54, 1.807) is 24.3 Å². The van der Waals surface area contributed by atoms with Gasteiger partial charge in [-0.3, -0.25) is 14.2 Å². The molecule has 0 radical (unpaired) electrons. The van der Waals surface area contributed by atoms with Gasteiger partial charge in [0.2, 0.25) is 0 Å². The minimum Gasteiger partial charge on any atom is -0.481 e. The van der Waals surface area contributed by atoms with Crippen LogP contribution in [0.1, 0.15) is 6.42 Å². The molecule has 2 aromatic rings. The molecule has 7 nitrogen and oxygen atoms in total. The van der Waals surface area contributed by atoms with Gasteiger partial charge in [0.1, 0.15) is 4.90 Å². The number of aryl methyl sites for hydroxylation is 1. The molecule has 0 atom stereocenters. The zero-order chi connectivity index (χ0) is 15.5. The third-order valence-corrected chi connectivity index (χ3v) is 4.38. The van der Waals surface area contributed by atoms with Crippen LogP contribution in [0, 0.1) is 0 Å². The molecule has 0 amide bonds. The maximum Gasteiger partial charge on any atom is 0.305 e. The van der Waals surface area contributed by atoms with Crippen LogP contribution in [0.15, 0.2) is 46.0 Å². The fourth-order valence-electron chi connectivity index (χ4n) is 1.58. The van der Waals surface area contributed by atoms with Crippen molar-refractivity contribution in [2.24, 2.45) is 0 Å². The number of sulfonamides is 1. The van der Waals surface area contributed by atoms with E-state index in [1.807, 2.05) is 0 Å². The van der Waals surface area contributed by atoms with Crippen LogP contribution in [0.3, 0.4) is 0 Å². The largest absolute Gasteiger partial charge is 0.481 e. The Morgan fingerprint density at radius 3 is 2.86 bits per heavy atom. The molecular weight excluding hydrogens is 362 g/mol. The molecule has 0 bridgehead atoms. The summed E-state index contributed by atoms with van der Waals surface area (Å²) in [6.45, 7) is 0.113. The monoisotopic (exact) mass is 373 g/mol. The van der Waals surface area contributed by atoms with Crippen molar-refractivity contribution in [3.8, 4) is 0 Å². The molecule has 2 N–H and O–H groups in total. The summed E-state index contributed by atoms with van der Waals surface area (Å²) in [7, 11) is -3.75. The van der Waals surface area contributed by atoms with E-state index in [-0.39, 0.29) is 17.9 Å². The van der Waals surface area contributed by atoms with Crippen molar-refractivity contribution in [1.29, 1.82) is 0 Å². The van der Waals surface area contributed by atoms with Crippen molar-refractivity contribution in [2.45, 2.75) is 17.9 Å². The van der Waals surface area contributed by atoms with E-state index in [0.29, 0.717) is 5.69 Å². The number of hydrogen-bond acceptors (Lipinski definition) is 4. The van der Waals surface area contributed by atoms with Crippen LogP contribution >= 0.6 is 15.9 Å². The Labute approximate surface area is 129 Å². The number of anilines is 1. The highest BCUT2D eigenvalue weighted by Gasteiger charge is 2.17. The number of carbonyl (C=O) groups is 1. The molecule has 1 aromatic carbocycles. The minimum absolute atomic E-state index is 0.0205. The Morgan fingerprint density at radius 1 is 1.43 bits per heavy atom. The topological polar surface area (TPSA) is 101 Å². The number of halogens is 1. The zero-order valence-electron chi connectivity index (χ0n) is 10.7. The van der Waals surface area contributed by atoms with Gasteiger partial charge >= 0.3 is 5.97 Å². The van der Waals surface area contributed by atoms with Crippen LogP contribution in [0.25, 0.3) is 0 Å². The summed E-state index contributed by atoms with van der Waals surface area (Å²) in [5.74, 6) is -0.970. The molecule has 2 rings (SSSR count). The van der Waals surface area contributed by atoms with Crippen molar-refractivity contribution < 1.29 is 18.3 Å². The van der Waals surface area contributed by atoms with Crippen LogP contribution < -0.4 is 4.72 Å². The van der Waals surface area contributed by atoms with Crippen LogP contribution in [-0.2, 0) is 21.4 Å². The van der Waals surface area contributed by atoms with Crippen molar-refractivity contribution >= 4 is 37.6 Å². The second-order valence-corrected chi connectivity index (χ2v) is 6.80. The van der Waals surface area contributed by atoms with E-state index in [0.717, 1.165) is 4.47 Å². The standard InChI is InChI=1S/C12H12BrN3O4S/c13-9-2-1-3-10(6-9)15-21(19,20)11-7-14-16(8-11)5-4-12(17)18/h1-3,6-8,15H,4-5H2,(H,17,18). The molecule has 1 heterocycles. The molecule has 0 saturated heterocycles. The Bertz CT molecular complexity index is 757. The lowest BCUT2D eigenvalue weighted by Gasteiger charge is -2.06. The highest BCUT2D eigenvalue weighted by molar-refractivity contribution is 9.10. The second-order valence-electron chi connectivity index (χ2n) is 4.20. The summed E-state index contributed by atoms with van der Waals surface area (Å²) in [6, 6.07) is 6.74. The van der Waals surface area contributed by atoms with Gasteiger partial charge in [-0.1, -0.05) is 22.0 Å². The van der Waals surface area contributed by atoms with Gasteiger partial charge in [-0.05, 0) is 18.2 Å². The Kier molecular flexibility index (Phi) is 4.63. The third kappa shape index (κ3) is 4.30. The zero-order valence-corrected chi connectivity index (χ0v) is 13.1. The molecule has 9 heteroatoms. The third-order valence-electron chi connectivity index (χ3n) is 2.55. The number of carboxylic acids is 1. The number of hydrogen-bond donors (Lipinski definition) is 2. The predicted molar refractivity (Wildman–Crippen MR) is 79.4 cm³/mol. The Morgan fingerprint density at radius 2 is 2.19 bits per heavy atom. The molecule has 0 aliphatic carbocycles. The molecular formula is C12H12BrN3O4S. The number of rotatable bonds is 6. The first kappa shape index (κ1) is 15.5. The van der Waals surface area contributed by atoms with Gasteiger partial charge < -0.3 is 5.11 Å². The molecule has 1 aromatic heterocycles. The van der Waals surface area contributed by atoms with E-state index in [1.165, 1.54) is 17.1 Å². The first-order valence-electron chi connectivity index (χ1n) is 5.89. The van der Waals surface area contributed by atoms with Gasteiger partial charge in [-0.2, -0.15) is 5.10 Å². The minimum atomic E-state index is -3.75. The lowest BCUT2D eigenvalue weighted by atomic mass is 10.3. The lowest BCUT2D eigenvalue weighted by Crippen LogP contribution is -2.12. The van der Waals surface area contributed by atoms with Crippen molar-refractivity contribution in [2.75, 3.05) is 4.72 Å². The molecule has 0 aliphatic rings. The van der Waals surface area contributed by atoms with Gasteiger partial charge in [-0.25, -0.2) is 8.42 Å². The van der Waals surface area contributed by atoms with Crippen molar-refractivity contribution in [3.05, 3.63) is 41.1 Å². The Hall–Kier alpha value is -1.87. The summed E-state index contributed by atoms with van der Waals surface area (Å²) >= 11 is 3.26. The van der Waals surface area contributed by atoms with Crippen molar-refractivity contribution in [1.82, 2.24) is 9.78 Å². The number of aliphatic carboxylic acids is 1. The van der Waals surface area contributed by atoms with Crippen LogP contribution in [0.2, 0.25) is 0 Å². The highest BCUT2D eigenvalue weighted by atomic mass is 79.9. The van der Waals surface area contributed by atoms with E-state index >= 15 is 0 Å². The van der Waals surface area contributed by atoms with E-state index in [9.17, 15) is 13.2 Å². The van der Waals surface area contributed by atoms with Gasteiger partial charge in [0, 0.05) is 16.4 Å². The highest BCUT2D eigenvalue weighted by Crippen LogP contribution is 2.19. The number of nitrogens with one attached hydrogen (secondary N) is 1. The normalized spacial score (nSPS) is 11.3. The van der Waals surface area contributed by atoms with Crippen molar-refractivity contribution in [3.63, 3.8) is 0 Å². The second kappa shape index (κ2) is 6.27. The number of aromatic nitrogens is 2. The first-order valence-corrected chi connectivity index (χ1v) is 8.17. The average Bonchev–Trinajstić information content (AvgIpc) is 2.85. The summed E-state index contributed by atoms with van der Waals surface area (Å²) < 4.78 is 28.8. The summed E-state index contributed by atoms with van der Waals surface area (Å²) in [5.41, 5.74) is 0.419. The van der Waals surface area contributed by atoms with Crippen LogP contribution in [-0.4, -0.2) is 29.3 Å². The fraction of sp³-hybridized carbons (Fsp3) is 0.167. The Balaban J connectivity index is 2.14. The lowest BCUT2D eigenvalue weighted by molar-refractivity contribution is -0.137. The smallest absolute Gasteiger partial charge is 0.305 e. The average molecular weight is 374 g/mol. The van der Waals surface area contributed by atoms with Gasteiger partial charge in [-0.15, -0.1) is 0 Å². The number of benzene rings is 1. The number of nitrogens with zero attached hydrogens (tertiary/aromatic N) is 2. The van der Waals surface area contributed by atoms with Gasteiger partial charge in [0.25, 0.3) is 10.0 Å². The number of carboxylic acid groups (broad SMARTS) is 1. The molecule has 0 spiro atoms.